The topological polar surface area (TPSA) is 50.8 Å². The van der Waals surface area contributed by atoms with Crippen LogP contribution in [-0.4, -0.2) is 50.3 Å². The number of fused-ring (bicyclic) bond motifs is 2. The van der Waals surface area contributed by atoms with Crippen molar-refractivity contribution in [2.75, 3.05) is 33.4 Å². The summed E-state index contributed by atoms with van der Waals surface area (Å²) in [7, 11) is 1.52. The second-order valence-electron chi connectivity index (χ2n) is 8.67. The van der Waals surface area contributed by atoms with Gasteiger partial charge in [0.15, 0.2) is 0 Å². The number of amides is 1. The number of piperidine rings is 1. The molecular weight excluding hydrogens is 407 g/mol. The highest BCUT2D eigenvalue weighted by atomic mass is 19.1. The zero-order valence-electron chi connectivity index (χ0n) is 18.6. The predicted molar refractivity (Wildman–Crippen MR) is 122 cm³/mol. The summed E-state index contributed by atoms with van der Waals surface area (Å²) in [5.74, 6) is -0.353. The van der Waals surface area contributed by atoms with Crippen LogP contribution in [0, 0.1) is 5.82 Å². The Labute approximate surface area is 189 Å². The van der Waals surface area contributed by atoms with Crippen LogP contribution in [0.3, 0.4) is 0 Å². The van der Waals surface area contributed by atoms with Crippen LogP contribution in [0.25, 0.3) is 0 Å². The van der Waals surface area contributed by atoms with Crippen LogP contribution in [0.1, 0.15) is 35.6 Å². The third-order valence-electron chi connectivity index (χ3n) is 6.71. The van der Waals surface area contributed by atoms with Gasteiger partial charge in [-0.2, -0.15) is 0 Å². The van der Waals surface area contributed by atoms with E-state index in [-0.39, 0.29) is 35.9 Å². The number of hydrogen-bond donors (Lipinski definition) is 1. The van der Waals surface area contributed by atoms with Crippen molar-refractivity contribution in [3.05, 3.63) is 83.7 Å². The minimum Gasteiger partial charge on any atom is -0.375 e. The predicted octanol–water partition coefficient (Wildman–Crippen LogP) is 3.75. The molecule has 1 saturated heterocycles. The van der Waals surface area contributed by atoms with E-state index in [1.807, 2.05) is 12.1 Å². The first-order chi connectivity index (χ1) is 15.6. The zero-order valence-corrected chi connectivity index (χ0v) is 18.6. The normalized spacial score (nSPS) is 21.9. The molecule has 0 unspecified atom stereocenters. The Hall–Kier alpha value is -2.54. The molecule has 2 aliphatic rings. The highest BCUT2D eigenvalue weighted by molar-refractivity contribution is 5.78. The van der Waals surface area contributed by atoms with E-state index in [1.54, 1.807) is 18.2 Å². The van der Waals surface area contributed by atoms with Gasteiger partial charge >= 0.3 is 0 Å². The number of ether oxygens (including phenoxy) is 2. The standard InChI is InChI=1S/C26H31FN2O3/c1-3-15-32-25-24(28-23(30)18-31-2)21-9-4-5-10-22(21)26(25)11-13-29(14-12-26)17-19-7-6-8-20(27)16-19/h3-10,16,24-25H,1,11-15,17-18H2,2H3,(H,28,30)/t24-,25+/m0/s1. The number of benzene rings is 2. The molecule has 1 spiro atoms. The van der Waals surface area contributed by atoms with E-state index in [0.29, 0.717) is 6.61 Å². The maximum Gasteiger partial charge on any atom is 0.246 e. The molecule has 1 aliphatic heterocycles. The summed E-state index contributed by atoms with van der Waals surface area (Å²) < 4.78 is 25.0. The Morgan fingerprint density at radius 1 is 1.25 bits per heavy atom. The Morgan fingerprint density at radius 3 is 2.75 bits per heavy atom. The highest BCUT2D eigenvalue weighted by Gasteiger charge is 2.54. The van der Waals surface area contributed by atoms with Crippen molar-refractivity contribution in [3.8, 4) is 0 Å². The lowest BCUT2D eigenvalue weighted by Crippen LogP contribution is -2.51. The fraction of sp³-hybridized carbons (Fsp3) is 0.423. The van der Waals surface area contributed by atoms with Crippen molar-refractivity contribution >= 4 is 5.91 Å². The van der Waals surface area contributed by atoms with E-state index in [4.69, 9.17) is 9.47 Å². The number of methoxy groups -OCH3 is 1. The third kappa shape index (κ3) is 4.49. The van der Waals surface area contributed by atoms with E-state index in [1.165, 1.54) is 18.7 Å². The van der Waals surface area contributed by atoms with Crippen LogP contribution in [0.5, 0.6) is 0 Å². The highest BCUT2D eigenvalue weighted by Crippen LogP contribution is 2.52. The average molecular weight is 439 g/mol. The molecule has 1 fully saturated rings. The van der Waals surface area contributed by atoms with Crippen LogP contribution in [0.15, 0.2) is 61.2 Å². The summed E-state index contributed by atoms with van der Waals surface area (Å²) in [6.07, 6.45) is 3.37. The molecule has 1 N–H and O–H groups in total. The van der Waals surface area contributed by atoms with Crippen molar-refractivity contribution in [1.29, 1.82) is 0 Å². The smallest absolute Gasteiger partial charge is 0.246 e. The molecule has 2 aromatic carbocycles. The molecule has 1 heterocycles. The number of carbonyl (C=O) groups excluding carboxylic acids is 1. The van der Waals surface area contributed by atoms with Gasteiger partial charge in [-0.3, -0.25) is 9.69 Å². The van der Waals surface area contributed by atoms with Crippen molar-refractivity contribution in [2.24, 2.45) is 0 Å². The lowest BCUT2D eigenvalue weighted by Gasteiger charge is -2.44. The first kappa shape index (κ1) is 22.6. The second-order valence-corrected chi connectivity index (χ2v) is 8.67. The number of nitrogens with zero attached hydrogens (tertiary/aromatic N) is 1. The van der Waals surface area contributed by atoms with E-state index in [0.717, 1.165) is 43.6 Å². The fourth-order valence-corrected chi connectivity index (χ4v) is 5.34. The molecule has 0 aromatic heterocycles. The molecule has 2 atom stereocenters. The van der Waals surface area contributed by atoms with Gasteiger partial charge in [0.2, 0.25) is 5.91 Å². The largest absolute Gasteiger partial charge is 0.375 e. The summed E-state index contributed by atoms with van der Waals surface area (Å²) in [6.45, 7) is 6.72. The number of nitrogens with one attached hydrogen (secondary N) is 1. The summed E-state index contributed by atoms with van der Waals surface area (Å²) in [5, 5.41) is 3.15. The summed E-state index contributed by atoms with van der Waals surface area (Å²) in [5.41, 5.74) is 3.16. The fourth-order valence-electron chi connectivity index (χ4n) is 5.34. The Kier molecular flexibility index (Phi) is 7.04. The molecule has 6 heteroatoms. The van der Waals surface area contributed by atoms with Crippen molar-refractivity contribution in [3.63, 3.8) is 0 Å². The first-order valence-corrected chi connectivity index (χ1v) is 11.1. The van der Waals surface area contributed by atoms with Crippen molar-refractivity contribution < 1.29 is 18.7 Å². The molecule has 4 rings (SSSR count). The molecule has 0 bridgehead atoms. The Balaban J connectivity index is 1.58. The lowest BCUT2D eigenvalue weighted by molar-refractivity contribution is -0.127. The number of halogens is 1. The number of likely N-dealkylation sites (tertiary alicyclic amines) is 1. The molecule has 2 aromatic rings. The van der Waals surface area contributed by atoms with Gasteiger partial charge in [0.25, 0.3) is 0 Å². The van der Waals surface area contributed by atoms with Crippen LogP contribution < -0.4 is 5.32 Å². The van der Waals surface area contributed by atoms with E-state index in [2.05, 4.69) is 35.0 Å². The maximum absolute atomic E-state index is 13.6. The number of hydrogen-bond acceptors (Lipinski definition) is 4. The molecule has 1 aliphatic carbocycles. The summed E-state index contributed by atoms with van der Waals surface area (Å²) >= 11 is 0. The zero-order chi connectivity index (χ0) is 22.6. The Morgan fingerprint density at radius 2 is 2.03 bits per heavy atom. The minimum absolute atomic E-state index is 0.0151. The van der Waals surface area contributed by atoms with Gasteiger partial charge in [0, 0.05) is 19.1 Å². The monoisotopic (exact) mass is 438 g/mol. The van der Waals surface area contributed by atoms with Crippen LogP contribution in [0.2, 0.25) is 0 Å². The third-order valence-corrected chi connectivity index (χ3v) is 6.71. The lowest BCUT2D eigenvalue weighted by atomic mass is 9.71. The van der Waals surface area contributed by atoms with Gasteiger partial charge in [0.1, 0.15) is 12.4 Å². The molecule has 0 radical (unpaired) electrons. The van der Waals surface area contributed by atoms with Crippen molar-refractivity contribution in [1.82, 2.24) is 10.2 Å². The van der Waals surface area contributed by atoms with Gasteiger partial charge in [-0.1, -0.05) is 42.5 Å². The summed E-state index contributed by atoms with van der Waals surface area (Å²) in [4.78, 5) is 14.8. The van der Waals surface area contributed by atoms with Gasteiger partial charge in [-0.05, 0) is 54.8 Å². The number of rotatable bonds is 8. The molecular formula is C26H31FN2O3. The molecule has 32 heavy (non-hydrogen) atoms. The molecule has 1 amide bonds. The van der Waals surface area contributed by atoms with Crippen molar-refractivity contribution in [2.45, 2.75) is 36.9 Å². The van der Waals surface area contributed by atoms with Crippen LogP contribution in [0.4, 0.5) is 4.39 Å². The van der Waals surface area contributed by atoms with Gasteiger partial charge < -0.3 is 14.8 Å². The maximum atomic E-state index is 13.6. The quantitative estimate of drug-likeness (QED) is 0.638. The Bertz CT molecular complexity index is 956. The minimum atomic E-state index is -0.233. The first-order valence-electron chi connectivity index (χ1n) is 11.1. The SMILES string of the molecule is C=CCO[C@@H]1[C@@H](NC(=O)COC)c2ccccc2C12CCN(Cc1cccc(F)c1)CC2. The second kappa shape index (κ2) is 9.94. The van der Waals surface area contributed by atoms with Crippen LogP contribution in [-0.2, 0) is 26.2 Å². The van der Waals surface area contributed by atoms with Gasteiger partial charge in [-0.25, -0.2) is 4.39 Å². The molecule has 0 saturated carbocycles. The average Bonchev–Trinajstić information content (AvgIpc) is 3.03. The molecule has 5 nitrogen and oxygen atoms in total. The van der Waals surface area contributed by atoms with Gasteiger partial charge in [-0.15, -0.1) is 6.58 Å². The van der Waals surface area contributed by atoms with Crippen LogP contribution >= 0.6 is 0 Å². The number of carbonyl (C=O) groups is 1. The molecule has 170 valence electrons. The van der Waals surface area contributed by atoms with Gasteiger partial charge in [0.05, 0.1) is 18.8 Å². The van der Waals surface area contributed by atoms with E-state index >= 15 is 0 Å². The van der Waals surface area contributed by atoms with E-state index < -0.39 is 0 Å². The van der Waals surface area contributed by atoms with E-state index in [9.17, 15) is 9.18 Å². The summed E-state index contributed by atoms with van der Waals surface area (Å²) in [6, 6.07) is 14.9.